The van der Waals surface area contributed by atoms with Crippen LogP contribution in [0.2, 0.25) is 0 Å². The average molecular weight is 277 g/mol. The number of esters is 2. The van der Waals surface area contributed by atoms with Crippen LogP contribution in [0.3, 0.4) is 0 Å². The molecule has 20 heavy (non-hydrogen) atoms. The van der Waals surface area contributed by atoms with Crippen LogP contribution in [-0.4, -0.2) is 43.9 Å². The second-order valence-corrected chi connectivity index (χ2v) is 3.97. The fourth-order valence-electron chi connectivity index (χ4n) is 2.00. The second kappa shape index (κ2) is 5.12. The topological polar surface area (TPSA) is 90.0 Å². The predicted octanol–water partition coefficient (Wildman–Crippen LogP) is -0.0695. The third kappa shape index (κ3) is 1.93. The Labute approximate surface area is 114 Å². The summed E-state index contributed by atoms with van der Waals surface area (Å²) in [5.74, 6) is -3.70. The third-order valence-corrected chi connectivity index (χ3v) is 2.93. The molecular weight excluding hydrogens is 266 g/mol. The van der Waals surface area contributed by atoms with Gasteiger partial charge in [0, 0.05) is 0 Å². The van der Waals surface area contributed by atoms with Gasteiger partial charge in [0.1, 0.15) is 0 Å². The van der Waals surface area contributed by atoms with Crippen molar-refractivity contribution >= 4 is 29.3 Å². The highest BCUT2D eigenvalue weighted by Crippen LogP contribution is 2.30. The molecule has 7 heteroatoms. The average Bonchev–Trinajstić information content (AvgIpc) is 2.72. The molecule has 1 aromatic rings. The van der Waals surface area contributed by atoms with Gasteiger partial charge in [0.25, 0.3) is 5.78 Å². The molecule has 0 radical (unpaired) electrons. The van der Waals surface area contributed by atoms with E-state index in [1.165, 1.54) is 12.1 Å². The first-order chi connectivity index (χ1) is 9.52. The summed E-state index contributed by atoms with van der Waals surface area (Å²) in [5, 5.41) is 0. The molecule has 0 bridgehead atoms. The molecule has 1 aromatic carbocycles. The maximum absolute atomic E-state index is 12.0. The van der Waals surface area contributed by atoms with Crippen molar-refractivity contribution in [2.75, 3.05) is 19.1 Å². The van der Waals surface area contributed by atoms with Crippen molar-refractivity contribution in [1.29, 1.82) is 0 Å². The minimum atomic E-state index is -1.63. The van der Waals surface area contributed by atoms with Crippen molar-refractivity contribution in [1.82, 2.24) is 0 Å². The number of ketones is 1. The Morgan fingerprint density at radius 2 is 1.60 bits per heavy atom. The lowest BCUT2D eigenvalue weighted by atomic mass is 10.1. The summed E-state index contributed by atoms with van der Waals surface area (Å²) in [7, 11) is 2.15. The van der Waals surface area contributed by atoms with E-state index in [4.69, 9.17) is 0 Å². The Morgan fingerprint density at radius 1 is 1.05 bits per heavy atom. The van der Waals surface area contributed by atoms with E-state index in [1.807, 2.05) is 0 Å². The molecule has 0 atom stereocenters. The molecule has 0 aliphatic carbocycles. The second-order valence-electron chi connectivity index (χ2n) is 3.97. The number of para-hydroxylation sites is 1. The zero-order valence-electron chi connectivity index (χ0n) is 10.8. The van der Waals surface area contributed by atoms with Gasteiger partial charge in [-0.1, -0.05) is 12.1 Å². The fourth-order valence-corrected chi connectivity index (χ4v) is 2.00. The predicted molar refractivity (Wildman–Crippen MR) is 66.1 cm³/mol. The molecule has 2 rings (SSSR count). The highest BCUT2D eigenvalue weighted by Gasteiger charge is 2.46. The van der Waals surface area contributed by atoms with Crippen molar-refractivity contribution in [3.8, 4) is 0 Å². The highest BCUT2D eigenvalue weighted by atomic mass is 16.5. The van der Waals surface area contributed by atoms with Crippen LogP contribution in [0.4, 0.5) is 5.69 Å². The van der Waals surface area contributed by atoms with Crippen LogP contribution in [0.25, 0.3) is 0 Å². The zero-order valence-corrected chi connectivity index (χ0v) is 10.8. The van der Waals surface area contributed by atoms with Crippen molar-refractivity contribution < 1.29 is 28.7 Å². The molecule has 1 aliphatic heterocycles. The summed E-state index contributed by atoms with van der Waals surface area (Å²) < 4.78 is 9.00. The van der Waals surface area contributed by atoms with Gasteiger partial charge in [0.15, 0.2) is 0 Å². The van der Waals surface area contributed by atoms with Crippen LogP contribution in [0, 0.1) is 0 Å². The van der Waals surface area contributed by atoms with Gasteiger partial charge >= 0.3 is 17.8 Å². The van der Waals surface area contributed by atoms with Gasteiger partial charge in [0.2, 0.25) is 6.04 Å². The van der Waals surface area contributed by atoms with Gasteiger partial charge in [-0.25, -0.2) is 9.59 Å². The van der Waals surface area contributed by atoms with Crippen LogP contribution in [0.15, 0.2) is 24.3 Å². The normalized spacial score (nSPS) is 13.4. The third-order valence-electron chi connectivity index (χ3n) is 2.93. The van der Waals surface area contributed by atoms with Gasteiger partial charge in [-0.3, -0.25) is 14.5 Å². The lowest BCUT2D eigenvalue weighted by Crippen LogP contribution is -2.50. The molecule has 1 aliphatic rings. The molecule has 0 unspecified atom stereocenters. The Balaban J connectivity index is 2.54. The number of Topliss-reactive ketones (excluding diaryl/α,β-unsaturated/α-hetero) is 1. The molecule has 0 aromatic heterocycles. The van der Waals surface area contributed by atoms with Gasteiger partial charge in [-0.2, -0.15) is 0 Å². The van der Waals surface area contributed by atoms with E-state index >= 15 is 0 Å². The van der Waals surface area contributed by atoms with E-state index in [1.54, 1.807) is 12.1 Å². The van der Waals surface area contributed by atoms with Crippen LogP contribution < -0.4 is 4.90 Å². The Bertz CT molecular complexity index is 593. The number of benzene rings is 1. The number of amides is 1. The minimum absolute atomic E-state index is 0.135. The zero-order chi connectivity index (χ0) is 14.9. The first-order valence-corrected chi connectivity index (χ1v) is 5.65. The molecule has 1 heterocycles. The summed E-state index contributed by atoms with van der Waals surface area (Å²) >= 11 is 0. The van der Waals surface area contributed by atoms with Crippen LogP contribution in [-0.2, 0) is 23.9 Å². The maximum Gasteiger partial charge on any atom is 0.340 e. The van der Waals surface area contributed by atoms with E-state index in [0.717, 1.165) is 19.1 Å². The number of hydrogen-bond donors (Lipinski definition) is 0. The molecule has 0 saturated carbocycles. The lowest BCUT2D eigenvalue weighted by Gasteiger charge is -2.23. The summed E-state index contributed by atoms with van der Waals surface area (Å²) in [5.41, 5.74) is 0.318. The Kier molecular flexibility index (Phi) is 3.51. The van der Waals surface area contributed by atoms with Gasteiger partial charge in [0.05, 0.1) is 25.5 Å². The molecule has 7 nitrogen and oxygen atoms in total. The fraction of sp³-hybridized carbons (Fsp3) is 0.231. The summed E-state index contributed by atoms with van der Waals surface area (Å²) in [6, 6.07) is 4.45. The Hall–Kier alpha value is -2.70. The standard InChI is InChI=1S/C13H11NO6/c1-19-12(17)9(13(18)20-2)14-8-6-4-3-5-7(8)10(15)11(14)16/h3-6,9H,1-2H3. The quantitative estimate of drug-likeness (QED) is 0.436. The van der Waals surface area contributed by atoms with E-state index in [-0.39, 0.29) is 11.3 Å². The Morgan fingerprint density at radius 3 is 2.15 bits per heavy atom. The number of ether oxygens (including phenoxy) is 2. The lowest BCUT2D eigenvalue weighted by molar-refractivity contribution is -0.154. The van der Waals surface area contributed by atoms with Crippen molar-refractivity contribution in [3.05, 3.63) is 29.8 Å². The number of methoxy groups -OCH3 is 2. The van der Waals surface area contributed by atoms with E-state index < -0.39 is 29.7 Å². The molecule has 104 valence electrons. The first kappa shape index (κ1) is 13.7. The van der Waals surface area contributed by atoms with Crippen LogP contribution in [0.5, 0.6) is 0 Å². The SMILES string of the molecule is COC(=O)C(C(=O)OC)N1C(=O)C(=O)c2ccccc21. The number of anilines is 1. The number of carbonyl (C=O) groups excluding carboxylic acids is 4. The molecule has 0 spiro atoms. The van der Waals surface area contributed by atoms with Crippen molar-refractivity contribution in [3.63, 3.8) is 0 Å². The highest BCUT2D eigenvalue weighted by molar-refractivity contribution is 6.53. The summed E-state index contributed by atoms with van der Waals surface area (Å²) in [4.78, 5) is 48.1. The monoisotopic (exact) mass is 277 g/mol. The largest absolute Gasteiger partial charge is 0.467 e. The van der Waals surface area contributed by atoms with E-state index in [0.29, 0.717) is 0 Å². The van der Waals surface area contributed by atoms with Gasteiger partial charge in [-0.05, 0) is 12.1 Å². The van der Waals surface area contributed by atoms with E-state index in [2.05, 4.69) is 9.47 Å². The molecular formula is C13H11NO6. The number of nitrogens with zero attached hydrogens (tertiary/aromatic N) is 1. The number of rotatable bonds is 3. The summed E-state index contributed by atoms with van der Waals surface area (Å²) in [6.45, 7) is 0. The molecule has 0 saturated heterocycles. The number of hydrogen-bond acceptors (Lipinski definition) is 6. The number of fused-ring (bicyclic) bond motifs is 1. The molecule has 0 fully saturated rings. The minimum Gasteiger partial charge on any atom is -0.467 e. The van der Waals surface area contributed by atoms with Crippen LogP contribution in [0.1, 0.15) is 10.4 Å². The van der Waals surface area contributed by atoms with Crippen molar-refractivity contribution in [2.24, 2.45) is 0 Å². The maximum atomic E-state index is 12.0. The van der Waals surface area contributed by atoms with E-state index in [9.17, 15) is 19.2 Å². The first-order valence-electron chi connectivity index (χ1n) is 5.65. The smallest absolute Gasteiger partial charge is 0.340 e. The number of carbonyl (C=O) groups is 4. The van der Waals surface area contributed by atoms with Crippen LogP contribution >= 0.6 is 0 Å². The van der Waals surface area contributed by atoms with Crippen molar-refractivity contribution in [2.45, 2.75) is 6.04 Å². The summed E-state index contributed by atoms with van der Waals surface area (Å²) in [6.07, 6.45) is 0. The van der Waals surface area contributed by atoms with Gasteiger partial charge < -0.3 is 9.47 Å². The molecule has 1 amide bonds. The molecule has 0 N–H and O–H groups in total. The van der Waals surface area contributed by atoms with Gasteiger partial charge in [-0.15, -0.1) is 0 Å².